The van der Waals surface area contributed by atoms with Crippen LogP contribution >= 0.6 is 0 Å². The largest absolute Gasteiger partial charge is 0.311 e. The Hall–Kier alpha value is -2.62. The van der Waals surface area contributed by atoms with Crippen molar-refractivity contribution in [3.8, 4) is 0 Å². The Kier molecular flexibility index (Phi) is 3.23. The molecule has 24 heavy (non-hydrogen) atoms. The molecule has 0 radical (unpaired) electrons. The lowest BCUT2D eigenvalue weighted by atomic mass is 9.84. The molecular formula is C20H21N3O. The molecule has 0 aliphatic carbocycles. The van der Waals surface area contributed by atoms with E-state index in [1.165, 1.54) is 16.3 Å². The van der Waals surface area contributed by atoms with Crippen molar-refractivity contribution in [3.05, 3.63) is 59.8 Å². The zero-order chi connectivity index (χ0) is 16.9. The molecule has 0 saturated heterocycles. The third-order valence-electron chi connectivity index (χ3n) is 4.65. The molecule has 4 nitrogen and oxygen atoms in total. The van der Waals surface area contributed by atoms with E-state index >= 15 is 0 Å². The van der Waals surface area contributed by atoms with E-state index in [0.717, 1.165) is 11.4 Å². The number of fused-ring (bicyclic) bond motifs is 2. The first-order valence-electron chi connectivity index (χ1n) is 8.31. The minimum Gasteiger partial charge on any atom is -0.311 e. The first-order valence-corrected chi connectivity index (χ1v) is 8.31. The maximum atomic E-state index is 12.4. The van der Waals surface area contributed by atoms with Crippen LogP contribution in [0.15, 0.2) is 48.7 Å². The van der Waals surface area contributed by atoms with Gasteiger partial charge < -0.3 is 5.32 Å². The molecular weight excluding hydrogens is 298 g/mol. The summed E-state index contributed by atoms with van der Waals surface area (Å²) in [6.07, 6.45) is 2.36. The highest BCUT2D eigenvalue weighted by Gasteiger charge is 2.33. The van der Waals surface area contributed by atoms with Crippen LogP contribution in [0.4, 0.5) is 5.82 Å². The highest BCUT2D eigenvalue weighted by atomic mass is 16.1. The average Bonchev–Trinajstić information content (AvgIpc) is 2.97. The number of carbonyl (C=O) groups excluding carboxylic acids is 1. The van der Waals surface area contributed by atoms with Gasteiger partial charge in [-0.25, -0.2) is 4.68 Å². The van der Waals surface area contributed by atoms with E-state index in [0.29, 0.717) is 6.42 Å². The van der Waals surface area contributed by atoms with E-state index < -0.39 is 0 Å². The molecule has 0 spiro atoms. The molecule has 0 fully saturated rings. The van der Waals surface area contributed by atoms with Gasteiger partial charge in [-0.05, 0) is 37.1 Å². The number of anilines is 1. The third kappa shape index (κ3) is 2.30. The smallest absolute Gasteiger partial charge is 0.226 e. The molecule has 122 valence electrons. The Morgan fingerprint density at radius 3 is 2.62 bits per heavy atom. The van der Waals surface area contributed by atoms with Gasteiger partial charge in [-0.1, -0.05) is 42.5 Å². The summed E-state index contributed by atoms with van der Waals surface area (Å²) >= 11 is 0. The zero-order valence-corrected chi connectivity index (χ0v) is 14.2. The molecule has 2 aromatic carbocycles. The van der Waals surface area contributed by atoms with Gasteiger partial charge in [-0.3, -0.25) is 4.79 Å². The quantitative estimate of drug-likeness (QED) is 0.728. The van der Waals surface area contributed by atoms with Crippen LogP contribution in [0.5, 0.6) is 0 Å². The molecule has 2 heterocycles. The number of carbonyl (C=O) groups is 1. The van der Waals surface area contributed by atoms with Gasteiger partial charge in [0.05, 0.1) is 11.7 Å². The summed E-state index contributed by atoms with van der Waals surface area (Å²) in [5, 5.41) is 9.99. The van der Waals surface area contributed by atoms with E-state index in [1.807, 2.05) is 23.0 Å². The third-order valence-corrected chi connectivity index (χ3v) is 4.65. The van der Waals surface area contributed by atoms with Crippen LogP contribution < -0.4 is 5.32 Å². The molecule has 1 aliphatic heterocycles. The van der Waals surface area contributed by atoms with Gasteiger partial charge in [0.1, 0.15) is 5.82 Å². The molecule has 1 amide bonds. The van der Waals surface area contributed by atoms with E-state index in [-0.39, 0.29) is 17.4 Å². The van der Waals surface area contributed by atoms with Crippen molar-refractivity contribution in [2.75, 3.05) is 5.32 Å². The van der Waals surface area contributed by atoms with E-state index in [1.54, 1.807) is 0 Å². The molecule has 4 heteroatoms. The first-order chi connectivity index (χ1) is 11.4. The van der Waals surface area contributed by atoms with E-state index in [9.17, 15) is 4.79 Å². The van der Waals surface area contributed by atoms with Crippen LogP contribution in [0.2, 0.25) is 0 Å². The van der Waals surface area contributed by atoms with Gasteiger partial charge in [0.25, 0.3) is 0 Å². The summed E-state index contributed by atoms with van der Waals surface area (Å²) in [7, 11) is 0. The van der Waals surface area contributed by atoms with Crippen LogP contribution in [0.25, 0.3) is 10.8 Å². The van der Waals surface area contributed by atoms with Gasteiger partial charge in [-0.15, -0.1) is 0 Å². The monoisotopic (exact) mass is 319 g/mol. The number of rotatable bonds is 1. The second-order valence-corrected chi connectivity index (χ2v) is 7.40. The molecule has 0 bridgehead atoms. The van der Waals surface area contributed by atoms with Gasteiger partial charge in [0, 0.05) is 17.9 Å². The van der Waals surface area contributed by atoms with E-state index in [4.69, 9.17) is 0 Å². The van der Waals surface area contributed by atoms with E-state index in [2.05, 4.69) is 61.5 Å². The number of benzene rings is 2. The molecule has 1 aliphatic rings. The molecule has 4 rings (SSSR count). The fourth-order valence-electron chi connectivity index (χ4n) is 3.56. The predicted molar refractivity (Wildman–Crippen MR) is 96.3 cm³/mol. The summed E-state index contributed by atoms with van der Waals surface area (Å²) < 4.78 is 1.91. The second kappa shape index (κ2) is 5.20. The normalized spacial score (nSPS) is 17.6. The van der Waals surface area contributed by atoms with Crippen LogP contribution in [-0.2, 0) is 10.3 Å². The highest BCUT2D eigenvalue weighted by Crippen LogP contribution is 2.40. The maximum absolute atomic E-state index is 12.4. The van der Waals surface area contributed by atoms with Crippen LogP contribution in [0.3, 0.4) is 0 Å². The van der Waals surface area contributed by atoms with Gasteiger partial charge in [-0.2, -0.15) is 5.10 Å². The molecule has 3 aromatic rings. The fourth-order valence-corrected chi connectivity index (χ4v) is 3.56. The van der Waals surface area contributed by atoms with Gasteiger partial charge >= 0.3 is 0 Å². The molecule has 1 N–H and O–H groups in total. The number of hydrogen-bond acceptors (Lipinski definition) is 2. The summed E-state index contributed by atoms with van der Waals surface area (Å²) in [5.41, 5.74) is 2.11. The summed E-state index contributed by atoms with van der Waals surface area (Å²) in [6.45, 7) is 6.27. The zero-order valence-electron chi connectivity index (χ0n) is 14.2. The molecule has 1 atom stereocenters. The van der Waals surface area contributed by atoms with Crippen molar-refractivity contribution in [1.82, 2.24) is 9.78 Å². The van der Waals surface area contributed by atoms with Crippen molar-refractivity contribution >= 4 is 22.5 Å². The van der Waals surface area contributed by atoms with Crippen molar-refractivity contribution in [1.29, 1.82) is 0 Å². The second-order valence-electron chi connectivity index (χ2n) is 7.40. The summed E-state index contributed by atoms with van der Waals surface area (Å²) in [4.78, 5) is 12.4. The molecule has 1 aromatic heterocycles. The Bertz CT molecular complexity index is 928. The number of nitrogens with zero attached hydrogens (tertiary/aromatic N) is 2. The lowest BCUT2D eigenvalue weighted by Crippen LogP contribution is -2.30. The SMILES string of the molecule is CC(C)(C)n1ncc2c1NC(=O)C[C@H]2c1cccc2ccccc12. The Morgan fingerprint density at radius 1 is 1.08 bits per heavy atom. The lowest BCUT2D eigenvalue weighted by Gasteiger charge is -2.28. The van der Waals surface area contributed by atoms with Crippen molar-refractivity contribution in [3.63, 3.8) is 0 Å². The number of aromatic nitrogens is 2. The minimum atomic E-state index is -0.179. The average molecular weight is 319 g/mol. The number of amides is 1. The Morgan fingerprint density at radius 2 is 1.83 bits per heavy atom. The first kappa shape index (κ1) is 14.9. The standard InChI is InChI=1S/C20H21N3O/c1-20(2,3)23-19-17(12-21-23)16(11-18(24)22-19)15-10-6-8-13-7-4-5-9-14(13)15/h4-10,12,16H,11H2,1-3H3,(H,22,24)/t16-/m0/s1. The van der Waals surface area contributed by atoms with Gasteiger partial charge in [0.15, 0.2) is 0 Å². The van der Waals surface area contributed by atoms with Crippen molar-refractivity contribution < 1.29 is 4.79 Å². The number of hydrogen-bond donors (Lipinski definition) is 1. The maximum Gasteiger partial charge on any atom is 0.226 e. The number of nitrogens with one attached hydrogen (secondary N) is 1. The Balaban J connectivity index is 1.92. The summed E-state index contributed by atoms with van der Waals surface area (Å²) in [5.74, 6) is 0.916. The van der Waals surface area contributed by atoms with Crippen LogP contribution in [0.1, 0.15) is 44.2 Å². The minimum absolute atomic E-state index is 0.0379. The predicted octanol–water partition coefficient (Wildman–Crippen LogP) is 4.27. The van der Waals surface area contributed by atoms with Crippen LogP contribution in [-0.4, -0.2) is 15.7 Å². The highest BCUT2D eigenvalue weighted by molar-refractivity contribution is 5.96. The molecule has 0 unspecified atom stereocenters. The topological polar surface area (TPSA) is 46.9 Å². The summed E-state index contributed by atoms with van der Waals surface area (Å²) in [6, 6.07) is 14.6. The molecule has 0 saturated carbocycles. The van der Waals surface area contributed by atoms with Crippen LogP contribution in [0, 0.1) is 0 Å². The van der Waals surface area contributed by atoms with Crippen molar-refractivity contribution in [2.24, 2.45) is 0 Å². The van der Waals surface area contributed by atoms with Crippen molar-refractivity contribution in [2.45, 2.75) is 38.6 Å². The lowest BCUT2D eigenvalue weighted by molar-refractivity contribution is -0.116. The Labute approximate surface area is 141 Å². The fraction of sp³-hybridized carbons (Fsp3) is 0.300. The van der Waals surface area contributed by atoms with Gasteiger partial charge in [0.2, 0.25) is 5.91 Å².